The number of esters is 1. The first-order chi connectivity index (χ1) is 8.38. The van der Waals surface area contributed by atoms with Crippen molar-refractivity contribution in [2.45, 2.75) is 39.2 Å². The molecule has 0 saturated heterocycles. The molecular weight excluding hydrogens is 228 g/mol. The predicted molar refractivity (Wildman–Crippen MR) is 68.4 cm³/mol. The zero-order chi connectivity index (χ0) is 13.3. The molecule has 1 aromatic rings. The summed E-state index contributed by atoms with van der Waals surface area (Å²) in [6.45, 7) is 5.43. The number of carbonyl (C=O) groups excluding carboxylic acids is 2. The lowest BCUT2D eigenvalue weighted by molar-refractivity contribution is -0.158. The summed E-state index contributed by atoms with van der Waals surface area (Å²) < 4.78 is 5.30. The zero-order valence-electron chi connectivity index (χ0n) is 11.0. The van der Waals surface area contributed by atoms with Crippen molar-refractivity contribution in [1.82, 2.24) is 0 Å². The Bertz CT molecular complexity index is 483. The van der Waals surface area contributed by atoms with E-state index in [0.717, 1.165) is 12.0 Å². The molecule has 1 atom stereocenters. The molecule has 1 aliphatic rings. The monoisotopic (exact) mass is 246 g/mol. The molecule has 0 spiro atoms. The Morgan fingerprint density at radius 1 is 1.28 bits per heavy atom. The van der Waals surface area contributed by atoms with Crippen molar-refractivity contribution in [1.29, 1.82) is 0 Å². The van der Waals surface area contributed by atoms with Gasteiger partial charge >= 0.3 is 5.97 Å². The van der Waals surface area contributed by atoms with E-state index >= 15 is 0 Å². The number of hydrogen-bond acceptors (Lipinski definition) is 3. The third kappa shape index (κ3) is 2.61. The normalized spacial score (nSPS) is 19.3. The maximum absolute atomic E-state index is 12.2. The standard InChI is InChI=1S/C15H18O3/c1-15(2,3)18-14(17)12-9-8-10-6-4-5-7-11(10)13(12)16/h4-7,12H,8-9H2,1-3H3/t12-/m1/s1. The third-order valence-corrected chi connectivity index (χ3v) is 2.99. The molecule has 0 aliphatic heterocycles. The highest BCUT2D eigenvalue weighted by Crippen LogP contribution is 2.27. The van der Waals surface area contributed by atoms with Gasteiger partial charge < -0.3 is 4.74 Å². The minimum atomic E-state index is -0.640. The molecule has 0 N–H and O–H groups in total. The minimum Gasteiger partial charge on any atom is -0.459 e. The van der Waals surface area contributed by atoms with Crippen molar-refractivity contribution >= 4 is 11.8 Å². The van der Waals surface area contributed by atoms with Gasteiger partial charge in [-0.1, -0.05) is 24.3 Å². The van der Waals surface area contributed by atoms with Crippen molar-refractivity contribution in [3.63, 3.8) is 0 Å². The van der Waals surface area contributed by atoms with Crippen molar-refractivity contribution < 1.29 is 14.3 Å². The molecule has 1 aromatic carbocycles. The van der Waals surface area contributed by atoms with Crippen LogP contribution >= 0.6 is 0 Å². The van der Waals surface area contributed by atoms with Gasteiger partial charge in [0.15, 0.2) is 5.78 Å². The van der Waals surface area contributed by atoms with Gasteiger partial charge in [0.1, 0.15) is 11.5 Å². The fourth-order valence-corrected chi connectivity index (χ4v) is 2.20. The van der Waals surface area contributed by atoms with Crippen molar-refractivity contribution in [2.75, 3.05) is 0 Å². The Kier molecular flexibility index (Phi) is 3.24. The van der Waals surface area contributed by atoms with E-state index in [2.05, 4.69) is 0 Å². The first-order valence-electron chi connectivity index (χ1n) is 6.23. The number of ether oxygens (including phenoxy) is 1. The summed E-state index contributed by atoms with van der Waals surface area (Å²) in [6.07, 6.45) is 1.30. The number of aryl methyl sites for hydroxylation is 1. The summed E-state index contributed by atoms with van der Waals surface area (Å²) in [5.74, 6) is -1.15. The van der Waals surface area contributed by atoms with Gasteiger partial charge in [-0.15, -0.1) is 0 Å². The summed E-state index contributed by atoms with van der Waals surface area (Å²) >= 11 is 0. The molecule has 0 heterocycles. The van der Waals surface area contributed by atoms with E-state index in [0.29, 0.717) is 12.0 Å². The molecule has 2 rings (SSSR count). The molecule has 0 unspecified atom stereocenters. The van der Waals surface area contributed by atoms with E-state index in [1.54, 1.807) is 6.07 Å². The van der Waals surface area contributed by atoms with Crippen LogP contribution in [0.3, 0.4) is 0 Å². The van der Waals surface area contributed by atoms with Crippen LogP contribution in [0.15, 0.2) is 24.3 Å². The van der Waals surface area contributed by atoms with Crippen molar-refractivity contribution in [3.05, 3.63) is 35.4 Å². The third-order valence-electron chi connectivity index (χ3n) is 2.99. The van der Waals surface area contributed by atoms with Crippen LogP contribution in [0.5, 0.6) is 0 Å². The zero-order valence-corrected chi connectivity index (χ0v) is 11.0. The van der Waals surface area contributed by atoms with Crippen LogP contribution < -0.4 is 0 Å². The van der Waals surface area contributed by atoms with Crippen LogP contribution in [0.1, 0.15) is 43.1 Å². The van der Waals surface area contributed by atoms with Crippen LogP contribution in [-0.2, 0) is 16.0 Å². The Balaban J connectivity index is 2.19. The fourth-order valence-electron chi connectivity index (χ4n) is 2.20. The van der Waals surface area contributed by atoms with Crippen LogP contribution in [0.4, 0.5) is 0 Å². The van der Waals surface area contributed by atoms with E-state index in [9.17, 15) is 9.59 Å². The number of ketones is 1. The first kappa shape index (κ1) is 12.8. The number of benzene rings is 1. The Morgan fingerprint density at radius 3 is 2.61 bits per heavy atom. The second kappa shape index (κ2) is 4.56. The largest absolute Gasteiger partial charge is 0.459 e. The SMILES string of the molecule is CC(C)(C)OC(=O)[C@@H]1CCc2ccccc2C1=O. The summed E-state index contributed by atoms with van der Waals surface area (Å²) in [5, 5.41) is 0. The van der Waals surface area contributed by atoms with Gasteiger partial charge in [0.2, 0.25) is 0 Å². The molecule has 18 heavy (non-hydrogen) atoms. The van der Waals surface area contributed by atoms with Gasteiger partial charge in [0, 0.05) is 5.56 Å². The molecule has 0 bridgehead atoms. The molecular formula is C15H18O3. The Labute approximate surface area is 107 Å². The lowest BCUT2D eigenvalue weighted by atomic mass is 9.83. The predicted octanol–water partition coefficient (Wildman–Crippen LogP) is 2.77. The van der Waals surface area contributed by atoms with E-state index in [1.165, 1.54) is 0 Å². The van der Waals surface area contributed by atoms with Gasteiger partial charge in [-0.3, -0.25) is 9.59 Å². The highest BCUT2D eigenvalue weighted by molar-refractivity contribution is 6.10. The lowest BCUT2D eigenvalue weighted by Crippen LogP contribution is -2.35. The summed E-state index contributed by atoms with van der Waals surface area (Å²) in [5.41, 5.74) is 1.15. The quantitative estimate of drug-likeness (QED) is 0.565. The van der Waals surface area contributed by atoms with Gasteiger partial charge in [0.05, 0.1) is 0 Å². The van der Waals surface area contributed by atoms with E-state index < -0.39 is 17.5 Å². The highest BCUT2D eigenvalue weighted by atomic mass is 16.6. The van der Waals surface area contributed by atoms with Gasteiger partial charge in [-0.25, -0.2) is 0 Å². The fraction of sp³-hybridized carbons (Fsp3) is 0.467. The summed E-state index contributed by atoms with van der Waals surface area (Å²) in [7, 11) is 0. The van der Waals surface area contributed by atoms with Gasteiger partial charge in [0.25, 0.3) is 0 Å². The van der Waals surface area contributed by atoms with Crippen molar-refractivity contribution in [3.8, 4) is 0 Å². The van der Waals surface area contributed by atoms with Crippen LogP contribution in [0.2, 0.25) is 0 Å². The smallest absolute Gasteiger partial charge is 0.317 e. The second-order valence-corrected chi connectivity index (χ2v) is 5.65. The highest BCUT2D eigenvalue weighted by Gasteiger charge is 2.35. The average Bonchev–Trinajstić information content (AvgIpc) is 2.27. The number of rotatable bonds is 1. The number of carbonyl (C=O) groups is 2. The van der Waals surface area contributed by atoms with Gasteiger partial charge in [-0.05, 0) is 39.2 Å². The number of hydrogen-bond donors (Lipinski definition) is 0. The maximum atomic E-state index is 12.2. The second-order valence-electron chi connectivity index (χ2n) is 5.65. The molecule has 3 heteroatoms. The number of fused-ring (bicyclic) bond motifs is 1. The Hall–Kier alpha value is -1.64. The first-order valence-corrected chi connectivity index (χ1v) is 6.23. The van der Waals surface area contributed by atoms with Crippen LogP contribution in [-0.4, -0.2) is 17.4 Å². The molecule has 1 aliphatic carbocycles. The van der Waals surface area contributed by atoms with Crippen molar-refractivity contribution in [2.24, 2.45) is 5.92 Å². The summed E-state index contributed by atoms with van der Waals surface area (Å²) in [6, 6.07) is 7.47. The molecule has 0 aromatic heterocycles. The molecule has 0 saturated carbocycles. The van der Waals surface area contributed by atoms with Crippen LogP contribution in [0, 0.1) is 5.92 Å². The van der Waals surface area contributed by atoms with E-state index in [4.69, 9.17) is 4.74 Å². The topological polar surface area (TPSA) is 43.4 Å². The summed E-state index contributed by atoms with van der Waals surface area (Å²) in [4.78, 5) is 24.2. The van der Waals surface area contributed by atoms with E-state index in [-0.39, 0.29) is 5.78 Å². The molecule has 96 valence electrons. The molecule has 0 radical (unpaired) electrons. The Morgan fingerprint density at radius 2 is 1.94 bits per heavy atom. The van der Waals surface area contributed by atoms with E-state index in [1.807, 2.05) is 39.0 Å². The minimum absolute atomic E-state index is 0.105. The lowest BCUT2D eigenvalue weighted by Gasteiger charge is -2.26. The molecule has 0 amide bonds. The van der Waals surface area contributed by atoms with Gasteiger partial charge in [-0.2, -0.15) is 0 Å². The number of Topliss-reactive ketones (excluding diaryl/α,β-unsaturated/α-hetero) is 1. The average molecular weight is 246 g/mol. The maximum Gasteiger partial charge on any atom is 0.317 e. The van der Waals surface area contributed by atoms with Crippen LogP contribution in [0.25, 0.3) is 0 Å². The molecule has 3 nitrogen and oxygen atoms in total. The molecule has 0 fully saturated rings.